The SMILES string of the molecule is CN(C)c1ccnc2[nH]c3c(=O)n(C4CCCCC4)cnc3c12.Cc1ccc(-n2cnccc2=O)cc1. The summed E-state index contributed by atoms with van der Waals surface area (Å²) in [5.74, 6) is 0. The van der Waals surface area contributed by atoms with E-state index in [9.17, 15) is 9.59 Å². The van der Waals surface area contributed by atoms with Crippen molar-refractivity contribution in [1.82, 2.24) is 29.1 Å². The Morgan fingerprint density at radius 3 is 2.38 bits per heavy atom. The maximum absolute atomic E-state index is 12.9. The van der Waals surface area contributed by atoms with E-state index < -0.39 is 0 Å². The molecule has 9 heteroatoms. The van der Waals surface area contributed by atoms with Gasteiger partial charge in [0.2, 0.25) is 0 Å². The number of rotatable bonds is 3. The summed E-state index contributed by atoms with van der Waals surface area (Å²) in [7, 11) is 3.97. The van der Waals surface area contributed by atoms with E-state index >= 15 is 0 Å². The number of anilines is 1. The molecule has 9 nitrogen and oxygen atoms in total. The van der Waals surface area contributed by atoms with Gasteiger partial charge in [-0.1, -0.05) is 37.0 Å². The maximum Gasteiger partial charge on any atom is 0.277 e. The first-order chi connectivity index (χ1) is 17.9. The molecule has 1 aliphatic rings. The first kappa shape index (κ1) is 24.4. The lowest BCUT2D eigenvalue weighted by Crippen LogP contribution is -2.26. The second-order valence-electron chi connectivity index (χ2n) is 9.67. The number of pyridine rings is 1. The Morgan fingerprint density at radius 1 is 0.919 bits per heavy atom. The lowest BCUT2D eigenvalue weighted by molar-refractivity contribution is 0.345. The van der Waals surface area contributed by atoms with E-state index in [2.05, 4.69) is 19.9 Å². The highest BCUT2D eigenvalue weighted by Crippen LogP contribution is 2.31. The van der Waals surface area contributed by atoms with Crippen LogP contribution in [0.3, 0.4) is 0 Å². The summed E-state index contributed by atoms with van der Waals surface area (Å²) < 4.78 is 3.33. The summed E-state index contributed by atoms with van der Waals surface area (Å²) in [4.78, 5) is 42.5. The maximum atomic E-state index is 12.9. The van der Waals surface area contributed by atoms with Crippen molar-refractivity contribution in [2.24, 2.45) is 0 Å². The zero-order chi connectivity index (χ0) is 25.9. The highest BCUT2D eigenvalue weighted by molar-refractivity contribution is 6.09. The van der Waals surface area contributed by atoms with Gasteiger partial charge >= 0.3 is 0 Å². The lowest BCUT2D eigenvalue weighted by atomic mass is 9.95. The number of aryl methyl sites for hydroxylation is 1. The minimum Gasteiger partial charge on any atom is -0.377 e. The summed E-state index contributed by atoms with van der Waals surface area (Å²) >= 11 is 0. The molecule has 37 heavy (non-hydrogen) atoms. The molecule has 0 unspecified atom stereocenters. The Hall–Kier alpha value is -4.27. The molecule has 0 saturated heterocycles. The van der Waals surface area contributed by atoms with Crippen molar-refractivity contribution in [3.05, 3.63) is 87.7 Å². The van der Waals surface area contributed by atoms with E-state index in [1.165, 1.54) is 48.0 Å². The number of nitrogens with one attached hydrogen (secondary N) is 1. The molecule has 0 radical (unpaired) electrons. The van der Waals surface area contributed by atoms with Gasteiger partial charge in [0.1, 0.15) is 23.0 Å². The largest absolute Gasteiger partial charge is 0.377 e. The van der Waals surface area contributed by atoms with E-state index in [0.717, 1.165) is 35.2 Å². The Labute approximate surface area is 214 Å². The molecule has 6 rings (SSSR count). The van der Waals surface area contributed by atoms with E-state index in [-0.39, 0.29) is 17.2 Å². The predicted octanol–water partition coefficient (Wildman–Crippen LogP) is 4.38. The lowest BCUT2D eigenvalue weighted by Gasteiger charge is -2.23. The quantitative estimate of drug-likeness (QED) is 0.397. The number of hydrogen-bond donors (Lipinski definition) is 1. The number of benzene rings is 1. The van der Waals surface area contributed by atoms with Crippen LogP contribution < -0.4 is 16.0 Å². The number of aromatic amines is 1. The minimum absolute atomic E-state index is 0.0182. The summed E-state index contributed by atoms with van der Waals surface area (Å²) in [6.45, 7) is 2.01. The second-order valence-corrected chi connectivity index (χ2v) is 9.67. The summed E-state index contributed by atoms with van der Waals surface area (Å²) in [6, 6.07) is 11.4. The van der Waals surface area contributed by atoms with Gasteiger partial charge in [0.25, 0.3) is 11.1 Å². The second kappa shape index (κ2) is 10.4. The van der Waals surface area contributed by atoms with Crippen LogP contribution in [0.25, 0.3) is 27.8 Å². The van der Waals surface area contributed by atoms with Crippen LogP contribution in [-0.4, -0.2) is 43.2 Å². The monoisotopic (exact) mass is 497 g/mol. The number of H-pyrrole nitrogens is 1. The van der Waals surface area contributed by atoms with Gasteiger partial charge in [-0.15, -0.1) is 0 Å². The molecular formula is C28H31N7O2. The highest BCUT2D eigenvalue weighted by atomic mass is 16.1. The van der Waals surface area contributed by atoms with Gasteiger partial charge < -0.3 is 9.88 Å². The van der Waals surface area contributed by atoms with Gasteiger partial charge in [0.15, 0.2) is 0 Å². The van der Waals surface area contributed by atoms with Crippen molar-refractivity contribution in [2.75, 3.05) is 19.0 Å². The molecule has 4 aromatic heterocycles. The average molecular weight is 498 g/mol. The molecule has 1 saturated carbocycles. The van der Waals surface area contributed by atoms with E-state index in [0.29, 0.717) is 11.0 Å². The van der Waals surface area contributed by atoms with Crippen molar-refractivity contribution in [1.29, 1.82) is 0 Å². The van der Waals surface area contributed by atoms with Crippen LogP contribution in [0.5, 0.6) is 0 Å². The average Bonchev–Trinajstić information content (AvgIpc) is 3.30. The number of aromatic nitrogens is 6. The van der Waals surface area contributed by atoms with Gasteiger partial charge in [0.05, 0.1) is 23.1 Å². The van der Waals surface area contributed by atoms with E-state index in [1.54, 1.807) is 12.5 Å². The molecule has 5 aromatic rings. The van der Waals surface area contributed by atoms with Gasteiger partial charge in [-0.2, -0.15) is 0 Å². The van der Waals surface area contributed by atoms with Crippen LogP contribution in [0.1, 0.15) is 43.7 Å². The van der Waals surface area contributed by atoms with Gasteiger partial charge in [-0.05, 0) is 38.0 Å². The molecule has 190 valence electrons. The first-order valence-corrected chi connectivity index (χ1v) is 12.6. The third-order valence-corrected chi connectivity index (χ3v) is 6.89. The van der Waals surface area contributed by atoms with Crippen LogP contribution in [0.15, 0.2) is 71.0 Å². The fourth-order valence-corrected chi connectivity index (χ4v) is 4.91. The molecule has 1 aromatic carbocycles. The summed E-state index contributed by atoms with van der Waals surface area (Å²) in [6.07, 6.45) is 12.3. The standard InChI is InChI=1S/C17H21N5O.C11H10N2O/c1-21(2)12-8-9-18-16-13(12)14-15(20-16)17(23)22(10-19-14)11-6-4-3-5-7-11;1-9-2-4-10(5-3-9)13-8-12-7-6-11(13)14/h8-11H,3-7H2,1-2H3,(H,18,20);2-8H,1H3. The topological polar surface area (TPSA) is 102 Å². The van der Waals surface area contributed by atoms with Crippen molar-refractivity contribution in [3.8, 4) is 5.69 Å². The Bertz CT molecular complexity index is 1640. The van der Waals surface area contributed by atoms with Gasteiger partial charge in [0, 0.05) is 38.6 Å². The van der Waals surface area contributed by atoms with Crippen molar-refractivity contribution >= 4 is 27.8 Å². The first-order valence-electron chi connectivity index (χ1n) is 12.6. The van der Waals surface area contributed by atoms with E-state index in [4.69, 9.17) is 0 Å². The molecule has 4 heterocycles. The summed E-state index contributed by atoms with van der Waals surface area (Å²) in [5.41, 5.74) is 4.98. The van der Waals surface area contributed by atoms with Crippen LogP contribution in [-0.2, 0) is 0 Å². The summed E-state index contributed by atoms with van der Waals surface area (Å²) in [5, 5.41) is 0.917. The van der Waals surface area contributed by atoms with Gasteiger partial charge in [-0.25, -0.2) is 15.0 Å². The molecule has 1 aliphatic carbocycles. The predicted molar refractivity (Wildman–Crippen MR) is 147 cm³/mol. The van der Waals surface area contributed by atoms with Crippen LogP contribution in [0.2, 0.25) is 0 Å². The Morgan fingerprint density at radius 2 is 1.68 bits per heavy atom. The molecule has 1 fully saturated rings. The Kier molecular flexibility index (Phi) is 6.85. The van der Waals surface area contributed by atoms with Crippen molar-refractivity contribution in [3.63, 3.8) is 0 Å². The third-order valence-electron chi connectivity index (χ3n) is 6.89. The smallest absolute Gasteiger partial charge is 0.277 e. The highest BCUT2D eigenvalue weighted by Gasteiger charge is 2.20. The van der Waals surface area contributed by atoms with Gasteiger partial charge in [-0.3, -0.25) is 18.7 Å². The fraction of sp³-hybridized carbons (Fsp3) is 0.321. The Balaban J connectivity index is 0.000000171. The van der Waals surface area contributed by atoms with Crippen LogP contribution in [0, 0.1) is 6.92 Å². The van der Waals surface area contributed by atoms with Crippen LogP contribution in [0.4, 0.5) is 5.69 Å². The molecule has 0 aliphatic heterocycles. The minimum atomic E-state index is -0.0659. The van der Waals surface area contributed by atoms with Crippen LogP contribution >= 0.6 is 0 Å². The van der Waals surface area contributed by atoms with E-state index in [1.807, 2.05) is 60.8 Å². The molecule has 0 bridgehead atoms. The van der Waals surface area contributed by atoms with Crippen molar-refractivity contribution in [2.45, 2.75) is 45.1 Å². The number of fused-ring (bicyclic) bond motifs is 3. The molecule has 0 spiro atoms. The molecule has 0 amide bonds. The normalized spacial score (nSPS) is 13.9. The van der Waals surface area contributed by atoms with Crippen molar-refractivity contribution < 1.29 is 0 Å². The zero-order valence-electron chi connectivity index (χ0n) is 21.4. The fourth-order valence-electron chi connectivity index (χ4n) is 4.91. The number of nitrogens with zero attached hydrogens (tertiary/aromatic N) is 6. The zero-order valence-corrected chi connectivity index (χ0v) is 21.4. The number of hydrogen-bond acceptors (Lipinski definition) is 6. The molecular weight excluding hydrogens is 466 g/mol. The molecule has 1 N–H and O–H groups in total. The third kappa shape index (κ3) is 4.89. The molecule has 0 atom stereocenters.